The zero-order chi connectivity index (χ0) is 54.8. The molecule has 23 heteroatoms. The van der Waals surface area contributed by atoms with Gasteiger partial charge in [0.15, 0.2) is 0 Å². The number of ether oxygens (including phenoxy) is 5. The Kier molecular flexibility index (Phi) is 26.6. The summed E-state index contributed by atoms with van der Waals surface area (Å²) < 4.78 is 58.9. The number of nitrogens with one attached hydrogen (secondary N) is 3. The van der Waals surface area contributed by atoms with Gasteiger partial charge in [-0.05, 0) is 47.7 Å². The van der Waals surface area contributed by atoms with Gasteiger partial charge in [-0.15, -0.1) is 11.8 Å². The molecule has 0 bridgehead atoms. The first-order valence-electron chi connectivity index (χ1n) is 24.7. The summed E-state index contributed by atoms with van der Waals surface area (Å²) in [5.74, 6) is -5.25. The molecule has 2 heterocycles. The lowest BCUT2D eigenvalue weighted by molar-refractivity contribution is -0.141. The topological polar surface area (TPSA) is 233 Å². The van der Waals surface area contributed by atoms with Gasteiger partial charge in [-0.25, -0.2) is 18.4 Å². The summed E-state index contributed by atoms with van der Waals surface area (Å²) in [4.78, 5) is 89.7. The third-order valence-electron chi connectivity index (χ3n) is 11.3. The molecular weight excluding hydrogens is 1010 g/mol. The van der Waals surface area contributed by atoms with E-state index in [-0.39, 0.29) is 108 Å². The smallest absolute Gasteiger partial charge is 0.407 e. The van der Waals surface area contributed by atoms with Crippen molar-refractivity contribution in [2.45, 2.75) is 71.4 Å². The summed E-state index contributed by atoms with van der Waals surface area (Å²) in [6, 6.07) is 13.4. The third-order valence-corrected chi connectivity index (χ3v) is 13.5. The van der Waals surface area contributed by atoms with Crippen LogP contribution >= 0.6 is 11.8 Å². The zero-order valence-electron chi connectivity index (χ0n) is 43.4. The number of carboxylic acid groups (broad SMARTS) is 1. The number of nitrogens with zero attached hydrogens (tertiary/aromatic N) is 3. The number of imide groups is 1. The van der Waals surface area contributed by atoms with Gasteiger partial charge in [0.2, 0.25) is 17.7 Å². The summed E-state index contributed by atoms with van der Waals surface area (Å²) in [6.07, 6.45) is 3.60. The average molecular weight is 1090 g/mol. The second-order valence-corrected chi connectivity index (χ2v) is 22.7. The van der Waals surface area contributed by atoms with Gasteiger partial charge in [0.1, 0.15) is 24.2 Å². The predicted octanol–water partition coefficient (Wildman–Crippen LogP) is 5.07. The second kappa shape index (κ2) is 32.5. The Morgan fingerprint density at radius 1 is 0.800 bits per heavy atom. The molecule has 6 amide bonds. The van der Waals surface area contributed by atoms with Crippen molar-refractivity contribution in [1.29, 1.82) is 0 Å². The summed E-state index contributed by atoms with van der Waals surface area (Å²) in [6.45, 7) is 12.7. The maximum atomic E-state index is 15.3. The minimum atomic E-state index is -1.32. The zero-order valence-corrected chi connectivity index (χ0v) is 45.2. The van der Waals surface area contributed by atoms with E-state index in [0.29, 0.717) is 30.8 Å². The van der Waals surface area contributed by atoms with E-state index in [1.54, 1.807) is 17.2 Å². The Hall–Kier alpha value is -5.98. The van der Waals surface area contributed by atoms with E-state index >= 15 is 4.39 Å². The molecule has 4 rings (SSSR count). The van der Waals surface area contributed by atoms with Crippen LogP contribution in [0.25, 0.3) is 11.1 Å². The fourth-order valence-corrected chi connectivity index (χ4v) is 9.04. The number of hydrogen-bond donors (Lipinski definition) is 4. The van der Waals surface area contributed by atoms with Crippen LogP contribution in [0.3, 0.4) is 0 Å². The van der Waals surface area contributed by atoms with Crippen LogP contribution in [-0.2, 0) is 59.0 Å². The molecule has 19 nitrogen and oxygen atoms in total. The Morgan fingerprint density at radius 2 is 1.44 bits per heavy atom. The van der Waals surface area contributed by atoms with Gasteiger partial charge in [0.05, 0.1) is 71.3 Å². The van der Waals surface area contributed by atoms with Crippen LogP contribution in [0.5, 0.6) is 0 Å². The molecule has 0 aliphatic carbocycles. The number of carbonyl (C=O) groups excluding carboxylic acids is 6. The maximum Gasteiger partial charge on any atom is 0.407 e. The van der Waals surface area contributed by atoms with Crippen LogP contribution in [0.1, 0.15) is 50.9 Å². The largest absolute Gasteiger partial charge is 0.480 e. The number of thioether (sulfide) groups is 1. The van der Waals surface area contributed by atoms with Crippen molar-refractivity contribution < 1.29 is 71.1 Å². The molecule has 0 saturated heterocycles. The van der Waals surface area contributed by atoms with Gasteiger partial charge < -0.3 is 54.2 Å². The van der Waals surface area contributed by atoms with Gasteiger partial charge >= 0.3 is 12.1 Å². The third kappa shape index (κ3) is 22.4. The summed E-state index contributed by atoms with van der Waals surface area (Å²) in [5.41, 5.74) is 1.40. The van der Waals surface area contributed by atoms with Crippen molar-refractivity contribution >= 4 is 62.2 Å². The summed E-state index contributed by atoms with van der Waals surface area (Å²) in [5, 5.41) is 17.9. The van der Waals surface area contributed by atoms with Crippen LogP contribution < -0.4 is 16.0 Å². The molecular formula is C52H71F2N6O13SSi. The Balaban J connectivity index is 1.26. The monoisotopic (exact) mass is 1090 g/mol. The molecule has 4 N–H and O–H groups in total. The molecule has 2 atom stereocenters. The number of rotatable bonds is 35. The van der Waals surface area contributed by atoms with Gasteiger partial charge in [-0.2, -0.15) is 0 Å². The van der Waals surface area contributed by atoms with E-state index < -0.39 is 73.6 Å². The standard InChI is InChI=1S/C52H71F2N6O13SSi/c1-52(2,3)49(43-30-38(40-31-39(53)12-13-41(40)54)33-58(43)32-37-10-7-6-8-11-37)59(19-9-17-56-51(68)73-28-29-75(4)5)48(65)36-74-35-42(50(66)67)57-44(61)16-20-69-22-24-71-26-27-72-25-23-70-21-18-55-45(62)34-60-46(63)14-15-47(60)64/h6-8,10-15,30-31,33,42,49H,9,16-29,32,34-36H2,1-5H3,(H,55,62)(H,56,68)(H,57,61)(H,66,67)/t42-,49?/m0/s1. The second-order valence-electron chi connectivity index (χ2n) is 18.7. The van der Waals surface area contributed by atoms with E-state index in [9.17, 15) is 43.1 Å². The van der Waals surface area contributed by atoms with Crippen molar-refractivity contribution in [1.82, 2.24) is 30.3 Å². The number of hydrogen-bond acceptors (Lipinski definition) is 13. The number of amides is 6. The minimum Gasteiger partial charge on any atom is -0.480 e. The molecule has 3 aromatic rings. The highest BCUT2D eigenvalue weighted by molar-refractivity contribution is 8.00. The van der Waals surface area contributed by atoms with Crippen molar-refractivity contribution in [2.75, 3.05) is 97.1 Å². The first-order valence-corrected chi connectivity index (χ1v) is 28.6. The molecule has 1 aromatic heterocycles. The quantitative estimate of drug-likeness (QED) is 0.0343. The van der Waals surface area contributed by atoms with Crippen molar-refractivity contribution in [3.63, 3.8) is 0 Å². The lowest BCUT2D eigenvalue weighted by Crippen LogP contribution is -2.45. The van der Waals surface area contributed by atoms with Crippen LogP contribution in [0.15, 0.2) is 72.9 Å². The number of benzene rings is 2. The highest BCUT2D eigenvalue weighted by atomic mass is 32.2. The fourth-order valence-electron chi connectivity index (χ4n) is 7.61. The van der Waals surface area contributed by atoms with E-state index in [4.69, 9.17) is 23.7 Å². The normalized spacial score (nSPS) is 13.3. The number of halogens is 2. The first-order chi connectivity index (χ1) is 35.8. The molecule has 2 aromatic carbocycles. The fraction of sp³-hybridized carbons (Fsp3) is 0.519. The van der Waals surface area contributed by atoms with Crippen LogP contribution in [0.4, 0.5) is 13.6 Å². The Morgan fingerprint density at radius 3 is 2.07 bits per heavy atom. The van der Waals surface area contributed by atoms with Crippen molar-refractivity contribution in [3.8, 4) is 11.1 Å². The molecule has 75 heavy (non-hydrogen) atoms. The lowest BCUT2D eigenvalue weighted by atomic mass is 9.83. The van der Waals surface area contributed by atoms with E-state index in [2.05, 4.69) is 29.0 Å². The summed E-state index contributed by atoms with van der Waals surface area (Å²) in [7, 11) is -0.584. The number of alkyl carbamates (subject to hydrolysis) is 1. The van der Waals surface area contributed by atoms with E-state index in [1.807, 2.05) is 55.7 Å². The van der Waals surface area contributed by atoms with Gasteiger partial charge in [0.25, 0.3) is 11.8 Å². The van der Waals surface area contributed by atoms with Gasteiger partial charge in [-0.3, -0.25) is 28.9 Å². The molecule has 411 valence electrons. The molecule has 0 fully saturated rings. The minimum absolute atomic E-state index is 0.00153. The van der Waals surface area contributed by atoms with E-state index in [1.165, 1.54) is 0 Å². The SMILES string of the molecule is C[Si](C)CCOC(=O)NCCCN(C(=O)CSC[C@H](NC(=O)CCOCCOCCOCCOCCNC(=O)CN1C(=O)C=CC1=O)C(=O)O)C(c1cc(-c2cc(F)ccc2F)cn1Cc1ccccc1)C(C)(C)C. The van der Waals surface area contributed by atoms with Crippen molar-refractivity contribution in [2.24, 2.45) is 5.41 Å². The number of carboxylic acids is 1. The maximum absolute atomic E-state index is 15.3. The Bertz CT molecular complexity index is 2350. The van der Waals surface area contributed by atoms with Gasteiger partial charge in [0, 0.05) is 82.3 Å². The highest BCUT2D eigenvalue weighted by Gasteiger charge is 2.37. The van der Waals surface area contributed by atoms with Gasteiger partial charge in [-0.1, -0.05) is 64.2 Å². The first kappa shape index (κ1) is 61.6. The lowest BCUT2D eigenvalue weighted by Gasteiger charge is -2.41. The van der Waals surface area contributed by atoms with Crippen molar-refractivity contribution in [3.05, 3.63) is 95.8 Å². The Labute approximate surface area is 443 Å². The number of aromatic nitrogens is 1. The molecule has 1 unspecified atom stereocenters. The predicted molar refractivity (Wildman–Crippen MR) is 279 cm³/mol. The van der Waals surface area contributed by atoms with Crippen LogP contribution in [0.2, 0.25) is 19.1 Å². The van der Waals surface area contributed by atoms with Crippen LogP contribution in [0, 0.1) is 17.0 Å². The van der Waals surface area contributed by atoms with Crippen LogP contribution in [-0.4, -0.2) is 173 Å². The molecule has 0 saturated carbocycles. The average Bonchev–Trinajstić information content (AvgIpc) is 3.90. The number of carbonyl (C=O) groups is 7. The van der Waals surface area contributed by atoms with E-state index in [0.717, 1.165) is 58.6 Å². The molecule has 1 aliphatic heterocycles. The number of aliphatic carboxylic acids is 1. The summed E-state index contributed by atoms with van der Waals surface area (Å²) >= 11 is 1.04. The molecule has 1 aliphatic rings. The molecule has 0 spiro atoms. The highest BCUT2D eigenvalue weighted by Crippen LogP contribution is 2.41. The molecule has 1 radical (unpaired) electrons.